The van der Waals surface area contributed by atoms with Gasteiger partial charge in [-0.05, 0) is 65.7 Å². The van der Waals surface area contributed by atoms with E-state index < -0.39 is 0 Å². The Labute approximate surface area is 225 Å². The largest absolute Gasteiger partial charge is 0.322 e. The van der Waals surface area contributed by atoms with Gasteiger partial charge in [-0.1, -0.05) is 73.7 Å². The SMILES string of the molecule is CCC(Sc1ccc(NC(=O)c2ccc3ccccc3c2)cc1)C(=O)n1c2ccccc2c2ccccc21. The van der Waals surface area contributed by atoms with Crippen molar-refractivity contribution in [3.05, 3.63) is 121 Å². The molecule has 6 rings (SSSR count). The second-order valence-electron chi connectivity index (χ2n) is 9.26. The maximum Gasteiger partial charge on any atom is 0.255 e. The number of anilines is 1. The van der Waals surface area contributed by atoms with E-state index in [-0.39, 0.29) is 17.1 Å². The monoisotopic (exact) mass is 514 g/mol. The van der Waals surface area contributed by atoms with Crippen LogP contribution >= 0.6 is 11.8 Å². The summed E-state index contributed by atoms with van der Waals surface area (Å²) in [7, 11) is 0. The van der Waals surface area contributed by atoms with Crippen molar-refractivity contribution < 1.29 is 9.59 Å². The maximum atomic E-state index is 13.8. The predicted octanol–water partition coefficient (Wildman–Crippen LogP) is 8.41. The van der Waals surface area contributed by atoms with E-state index >= 15 is 0 Å². The summed E-state index contributed by atoms with van der Waals surface area (Å²) >= 11 is 1.55. The Morgan fingerprint density at radius 1 is 0.737 bits per heavy atom. The van der Waals surface area contributed by atoms with Crippen LogP contribution < -0.4 is 5.32 Å². The molecule has 0 aliphatic rings. The van der Waals surface area contributed by atoms with Gasteiger partial charge in [0.15, 0.2) is 0 Å². The number of hydrogen-bond acceptors (Lipinski definition) is 3. The predicted molar refractivity (Wildman–Crippen MR) is 158 cm³/mol. The lowest BCUT2D eigenvalue weighted by Crippen LogP contribution is -2.23. The van der Waals surface area contributed by atoms with Gasteiger partial charge < -0.3 is 5.32 Å². The number of nitrogens with zero attached hydrogens (tertiary/aromatic N) is 1. The lowest BCUT2D eigenvalue weighted by atomic mass is 10.1. The Morgan fingerprint density at radius 3 is 2.00 bits per heavy atom. The fraction of sp³-hybridized carbons (Fsp3) is 0.0909. The van der Waals surface area contributed by atoms with Crippen molar-refractivity contribution in [3.8, 4) is 0 Å². The highest BCUT2D eigenvalue weighted by Gasteiger charge is 2.24. The first-order valence-corrected chi connectivity index (χ1v) is 13.6. The van der Waals surface area contributed by atoms with Crippen molar-refractivity contribution in [2.75, 3.05) is 5.32 Å². The maximum absolute atomic E-state index is 13.8. The van der Waals surface area contributed by atoms with E-state index in [1.165, 1.54) is 0 Å². The van der Waals surface area contributed by atoms with Gasteiger partial charge in [-0.2, -0.15) is 0 Å². The van der Waals surface area contributed by atoms with Gasteiger partial charge in [0, 0.05) is 26.9 Å². The molecule has 1 aromatic heterocycles. The molecule has 0 saturated carbocycles. The van der Waals surface area contributed by atoms with Gasteiger partial charge >= 0.3 is 0 Å². The Morgan fingerprint density at radius 2 is 1.34 bits per heavy atom. The molecule has 4 nitrogen and oxygen atoms in total. The van der Waals surface area contributed by atoms with Crippen molar-refractivity contribution in [1.82, 2.24) is 4.57 Å². The van der Waals surface area contributed by atoms with Crippen LogP contribution in [0.3, 0.4) is 0 Å². The molecule has 0 saturated heterocycles. The Kier molecular flexibility index (Phi) is 6.44. The van der Waals surface area contributed by atoms with Gasteiger partial charge in [0.1, 0.15) is 0 Å². The highest BCUT2D eigenvalue weighted by Crippen LogP contribution is 2.33. The van der Waals surface area contributed by atoms with E-state index in [0.717, 1.165) is 37.5 Å². The Bertz CT molecular complexity index is 1750. The number of para-hydroxylation sites is 2. The molecule has 5 heteroatoms. The molecule has 1 unspecified atom stereocenters. The van der Waals surface area contributed by atoms with Gasteiger partial charge in [0.25, 0.3) is 5.91 Å². The summed E-state index contributed by atoms with van der Waals surface area (Å²) in [6.45, 7) is 2.04. The lowest BCUT2D eigenvalue weighted by Gasteiger charge is -2.16. The van der Waals surface area contributed by atoms with Crippen molar-refractivity contribution >= 4 is 61.8 Å². The van der Waals surface area contributed by atoms with Crippen LogP contribution in [0.1, 0.15) is 28.5 Å². The number of nitrogens with one attached hydrogen (secondary N) is 1. The minimum atomic E-state index is -0.243. The number of aromatic nitrogens is 1. The van der Waals surface area contributed by atoms with Gasteiger partial charge in [0.2, 0.25) is 5.91 Å². The van der Waals surface area contributed by atoms with E-state index in [1.807, 2.05) is 115 Å². The number of hydrogen-bond donors (Lipinski definition) is 1. The lowest BCUT2D eigenvalue weighted by molar-refractivity contribution is 0.0918. The minimum absolute atomic E-state index is 0.0728. The molecule has 0 bridgehead atoms. The average molecular weight is 515 g/mol. The first-order chi connectivity index (χ1) is 18.6. The molecule has 0 radical (unpaired) electrons. The molecule has 1 atom stereocenters. The first kappa shape index (κ1) is 24.0. The second kappa shape index (κ2) is 10.2. The summed E-state index contributed by atoms with van der Waals surface area (Å²) in [5.74, 6) is -0.0762. The third-order valence-electron chi connectivity index (χ3n) is 6.85. The van der Waals surface area contributed by atoms with Crippen LogP contribution in [0.5, 0.6) is 0 Å². The number of rotatable bonds is 6. The van der Waals surface area contributed by atoms with Crippen molar-refractivity contribution in [2.45, 2.75) is 23.5 Å². The fourth-order valence-electron chi connectivity index (χ4n) is 4.93. The smallest absolute Gasteiger partial charge is 0.255 e. The number of carbonyl (C=O) groups is 2. The molecule has 0 aliphatic carbocycles. The molecule has 1 amide bonds. The van der Waals surface area contributed by atoms with Gasteiger partial charge in [-0.25, -0.2) is 0 Å². The highest BCUT2D eigenvalue weighted by molar-refractivity contribution is 8.00. The standard InChI is InChI=1S/C33H26N2O2S/c1-2-31(33(37)35-29-13-7-5-11-27(29)28-12-6-8-14-30(28)35)38-26-19-17-25(18-20-26)34-32(36)24-16-15-22-9-3-4-10-23(22)21-24/h3-21,31H,2H2,1H3,(H,34,36). The summed E-state index contributed by atoms with van der Waals surface area (Å²) < 4.78 is 1.87. The van der Waals surface area contributed by atoms with E-state index in [2.05, 4.69) is 17.4 Å². The molecule has 0 aliphatic heterocycles. The fourth-order valence-corrected chi connectivity index (χ4v) is 5.92. The van der Waals surface area contributed by atoms with Gasteiger partial charge in [-0.3, -0.25) is 14.2 Å². The van der Waals surface area contributed by atoms with Gasteiger partial charge in [0.05, 0.1) is 16.3 Å². The number of benzene rings is 5. The summed E-state index contributed by atoms with van der Waals surface area (Å²) in [4.78, 5) is 27.6. The minimum Gasteiger partial charge on any atom is -0.322 e. The van der Waals surface area contributed by atoms with E-state index in [1.54, 1.807) is 11.8 Å². The Hall–Kier alpha value is -4.35. The molecule has 38 heavy (non-hydrogen) atoms. The molecular weight excluding hydrogens is 488 g/mol. The topological polar surface area (TPSA) is 51.1 Å². The van der Waals surface area contributed by atoms with Crippen LogP contribution in [0.15, 0.2) is 120 Å². The van der Waals surface area contributed by atoms with Crippen LogP contribution in [0.4, 0.5) is 5.69 Å². The van der Waals surface area contributed by atoms with Crippen LogP contribution in [0.2, 0.25) is 0 Å². The van der Waals surface area contributed by atoms with Crippen LogP contribution in [-0.4, -0.2) is 21.6 Å². The third kappa shape index (κ3) is 4.46. The number of amides is 1. The molecule has 186 valence electrons. The summed E-state index contributed by atoms with van der Waals surface area (Å²) in [5.41, 5.74) is 3.20. The zero-order valence-electron chi connectivity index (χ0n) is 20.9. The van der Waals surface area contributed by atoms with Crippen molar-refractivity contribution in [2.24, 2.45) is 0 Å². The quantitative estimate of drug-likeness (QED) is 0.227. The van der Waals surface area contributed by atoms with E-state index in [0.29, 0.717) is 17.7 Å². The number of thioether (sulfide) groups is 1. The van der Waals surface area contributed by atoms with Crippen LogP contribution in [0, 0.1) is 0 Å². The molecule has 0 fully saturated rings. The molecule has 1 N–H and O–H groups in total. The highest BCUT2D eigenvalue weighted by atomic mass is 32.2. The summed E-state index contributed by atoms with van der Waals surface area (Å²) in [6, 6.07) is 37.5. The molecule has 1 heterocycles. The van der Waals surface area contributed by atoms with Crippen LogP contribution in [-0.2, 0) is 0 Å². The molecule has 6 aromatic rings. The van der Waals surface area contributed by atoms with Crippen molar-refractivity contribution in [3.63, 3.8) is 0 Å². The molecular formula is C33H26N2O2S. The van der Waals surface area contributed by atoms with E-state index in [4.69, 9.17) is 0 Å². The number of carbonyl (C=O) groups excluding carboxylic acids is 2. The number of fused-ring (bicyclic) bond motifs is 4. The first-order valence-electron chi connectivity index (χ1n) is 12.7. The summed E-state index contributed by atoms with van der Waals surface area (Å²) in [5, 5.41) is 7.05. The third-order valence-corrected chi connectivity index (χ3v) is 8.21. The zero-order chi connectivity index (χ0) is 26.1. The van der Waals surface area contributed by atoms with Crippen LogP contribution in [0.25, 0.3) is 32.6 Å². The molecule has 0 spiro atoms. The molecule has 5 aromatic carbocycles. The second-order valence-corrected chi connectivity index (χ2v) is 10.5. The average Bonchev–Trinajstić information content (AvgIpc) is 3.30. The Balaban J connectivity index is 1.20. The van der Waals surface area contributed by atoms with E-state index in [9.17, 15) is 9.59 Å². The zero-order valence-corrected chi connectivity index (χ0v) is 21.7. The summed E-state index contributed by atoms with van der Waals surface area (Å²) in [6.07, 6.45) is 0.699. The van der Waals surface area contributed by atoms with Crippen molar-refractivity contribution in [1.29, 1.82) is 0 Å². The van der Waals surface area contributed by atoms with Gasteiger partial charge in [-0.15, -0.1) is 11.8 Å². The normalized spacial score (nSPS) is 12.1.